The highest BCUT2D eigenvalue weighted by Gasteiger charge is 2.18. The molecule has 1 amide bonds. The first-order chi connectivity index (χ1) is 6.24. The topological polar surface area (TPSA) is 32.3 Å². The van der Waals surface area contributed by atoms with E-state index in [-0.39, 0.29) is 5.91 Å². The summed E-state index contributed by atoms with van der Waals surface area (Å²) >= 11 is 0. The number of hydrogen-bond donors (Lipinski definition) is 1. The Morgan fingerprint density at radius 3 is 2.62 bits per heavy atom. The molecule has 0 atom stereocenters. The molecule has 1 rings (SSSR count). The van der Waals surface area contributed by atoms with Gasteiger partial charge in [-0.1, -0.05) is 12.8 Å². The molecule has 1 aliphatic rings. The van der Waals surface area contributed by atoms with Crippen molar-refractivity contribution in [3.63, 3.8) is 0 Å². The lowest BCUT2D eigenvalue weighted by Gasteiger charge is -2.20. The van der Waals surface area contributed by atoms with Crippen molar-refractivity contribution < 1.29 is 4.79 Å². The Balaban J connectivity index is 2.22. The van der Waals surface area contributed by atoms with E-state index in [1.165, 1.54) is 25.7 Å². The molecular formula is C10H20N2O. The average Bonchev–Trinajstić information content (AvgIpc) is 2.57. The average molecular weight is 184 g/mol. The third kappa shape index (κ3) is 3.35. The highest BCUT2D eigenvalue weighted by Crippen LogP contribution is 2.24. The van der Waals surface area contributed by atoms with Gasteiger partial charge >= 0.3 is 0 Å². The van der Waals surface area contributed by atoms with Crippen molar-refractivity contribution >= 4 is 5.91 Å². The molecule has 3 heteroatoms. The molecule has 1 saturated carbocycles. The van der Waals surface area contributed by atoms with Crippen LogP contribution < -0.4 is 5.32 Å². The van der Waals surface area contributed by atoms with E-state index in [0.717, 1.165) is 12.5 Å². The summed E-state index contributed by atoms with van der Waals surface area (Å²) in [5, 5.41) is 2.88. The molecule has 13 heavy (non-hydrogen) atoms. The predicted molar refractivity (Wildman–Crippen MR) is 53.5 cm³/mol. The summed E-state index contributed by atoms with van der Waals surface area (Å²) in [5.74, 6) is 0.959. The van der Waals surface area contributed by atoms with Crippen molar-refractivity contribution in [2.75, 3.05) is 27.2 Å². The van der Waals surface area contributed by atoms with E-state index >= 15 is 0 Å². The van der Waals surface area contributed by atoms with Gasteiger partial charge in [-0.25, -0.2) is 0 Å². The lowest BCUT2D eigenvalue weighted by atomic mass is 10.1. The maximum atomic E-state index is 11.4. The standard InChI is InChI=1S/C10H20N2O/c1-11-7-10(13)12(2)8-9-5-3-4-6-9/h9,11H,3-8H2,1-2H3. The fourth-order valence-corrected chi connectivity index (χ4v) is 1.97. The van der Waals surface area contributed by atoms with Gasteiger partial charge in [-0.2, -0.15) is 0 Å². The van der Waals surface area contributed by atoms with Gasteiger partial charge in [0, 0.05) is 13.6 Å². The molecule has 0 spiro atoms. The van der Waals surface area contributed by atoms with Crippen LogP contribution in [0.3, 0.4) is 0 Å². The van der Waals surface area contributed by atoms with E-state index in [1.54, 1.807) is 7.05 Å². The largest absolute Gasteiger partial charge is 0.344 e. The second kappa shape index (κ2) is 5.22. The Kier molecular flexibility index (Phi) is 4.22. The monoisotopic (exact) mass is 184 g/mol. The third-order valence-corrected chi connectivity index (χ3v) is 2.76. The first-order valence-electron chi connectivity index (χ1n) is 5.12. The van der Waals surface area contributed by atoms with E-state index in [2.05, 4.69) is 5.32 Å². The molecule has 1 aliphatic carbocycles. The highest BCUT2D eigenvalue weighted by atomic mass is 16.2. The van der Waals surface area contributed by atoms with Crippen LogP contribution in [0.2, 0.25) is 0 Å². The number of amides is 1. The van der Waals surface area contributed by atoms with Crippen molar-refractivity contribution in [2.45, 2.75) is 25.7 Å². The Morgan fingerprint density at radius 1 is 1.46 bits per heavy atom. The van der Waals surface area contributed by atoms with Gasteiger partial charge in [-0.05, 0) is 25.8 Å². The van der Waals surface area contributed by atoms with Crippen LogP contribution in [0.1, 0.15) is 25.7 Å². The van der Waals surface area contributed by atoms with Crippen LogP contribution in [0.4, 0.5) is 0 Å². The van der Waals surface area contributed by atoms with E-state index < -0.39 is 0 Å². The number of nitrogens with zero attached hydrogens (tertiary/aromatic N) is 1. The molecule has 1 fully saturated rings. The van der Waals surface area contributed by atoms with Gasteiger partial charge in [-0.3, -0.25) is 4.79 Å². The lowest BCUT2D eigenvalue weighted by Crippen LogP contribution is -2.36. The SMILES string of the molecule is CNCC(=O)N(C)CC1CCCC1. The van der Waals surface area contributed by atoms with Crippen LogP contribution in [0.25, 0.3) is 0 Å². The zero-order chi connectivity index (χ0) is 9.68. The molecule has 0 aromatic carbocycles. The fraction of sp³-hybridized carbons (Fsp3) is 0.900. The molecule has 0 radical (unpaired) electrons. The number of rotatable bonds is 4. The van der Waals surface area contributed by atoms with Crippen molar-refractivity contribution in [3.05, 3.63) is 0 Å². The van der Waals surface area contributed by atoms with Crippen LogP contribution >= 0.6 is 0 Å². The summed E-state index contributed by atoms with van der Waals surface area (Å²) in [6.45, 7) is 1.41. The Labute approximate surface area is 80.5 Å². The zero-order valence-electron chi connectivity index (χ0n) is 8.68. The predicted octanol–water partition coefficient (Wildman–Crippen LogP) is 0.854. The summed E-state index contributed by atoms with van der Waals surface area (Å²) in [7, 11) is 3.71. The molecule has 0 aromatic rings. The number of likely N-dealkylation sites (N-methyl/N-ethyl adjacent to an activating group) is 2. The van der Waals surface area contributed by atoms with Crippen LogP contribution in [-0.2, 0) is 4.79 Å². The van der Waals surface area contributed by atoms with E-state index in [4.69, 9.17) is 0 Å². The fourth-order valence-electron chi connectivity index (χ4n) is 1.97. The Bertz CT molecular complexity index is 164. The Hall–Kier alpha value is -0.570. The van der Waals surface area contributed by atoms with Gasteiger partial charge in [0.05, 0.1) is 6.54 Å². The van der Waals surface area contributed by atoms with Crippen LogP contribution in [0, 0.1) is 5.92 Å². The summed E-state index contributed by atoms with van der Waals surface area (Å²) < 4.78 is 0. The highest BCUT2D eigenvalue weighted by molar-refractivity contribution is 5.77. The normalized spacial score (nSPS) is 17.7. The van der Waals surface area contributed by atoms with Crippen LogP contribution in [0.15, 0.2) is 0 Å². The molecular weight excluding hydrogens is 164 g/mol. The van der Waals surface area contributed by atoms with Gasteiger partial charge in [0.1, 0.15) is 0 Å². The molecule has 0 heterocycles. The van der Waals surface area contributed by atoms with Gasteiger partial charge in [-0.15, -0.1) is 0 Å². The maximum Gasteiger partial charge on any atom is 0.236 e. The number of carbonyl (C=O) groups excluding carboxylic acids is 1. The number of carbonyl (C=O) groups is 1. The van der Waals surface area contributed by atoms with Gasteiger partial charge < -0.3 is 10.2 Å². The molecule has 0 aromatic heterocycles. The smallest absolute Gasteiger partial charge is 0.236 e. The summed E-state index contributed by atoms with van der Waals surface area (Å²) in [5.41, 5.74) is 0. The number of nitrogens with one attached hydrogen (secondary N) is 1. The first kappa shape index (κ1) is 10.5. The van der Waals surface area contributed by atoms with E-state index in [1.807, 2.05) is 11.9 Å². The minimum Gasteiger partial charge on any atom is -0.344 e. The second-order valence-electron chi connectivity index (χ2n) is 3.96. The van der Waals surface area contributed by atoms with E-state index in [9.17, 15) is 4.79 Å². The molecule has 0 unspecified atom stereocenters. The van der Waals surface area contributed by atoms with Crippen molar-refractivity contribution in [1.82, 2.24) is 10.2 Å². The minimum atomic E-state index is 0.203. The van der Waals surface area contributed by atoms with Crippen LogP contribution in [0.5, 0.6) is 0 Å². The molecule has 0 bridgehead atoms. The molecule has 76 valence electrons. The quantitative estimate of drug-likeness (QED) is 0.702. The molecule has 0 aliphatic heterocycles. The molecule has 0 saturated heterocycles. The van der Waals surface area contributed by atoms with Crippen LogP contribution in [-0.4, -0.2) is 38.0 Å². The Morgan fingerprint density at radius 2 is 2.08 bits per heavy atom. The summed E-state index contributed by atoms with van der Waals surface area (Å²) in [4.78, 5) is 13.2. The van der Waals surface area contributed by atoms with Gasteiger partial charge in [0.25, 0.3) is 0 Å². The lowest BCUT2D eigenvalue weighted by molar-refractivity contribution is -0.129. The van der Waals surface area contributed by atoms with Crippen molar-refractivity contribution in [2.24, 2.45) is 5.92 Å². The first-order valence-corrected chi connectivity index (χ1v) is 5.12. The zero-order valence-corrected chi connectivity index (χ0v) is 8.68. The van der Waals surface area contributed by atoms with Gasteiger partial charge in [0.2, 0.25) is 5.91 Å². The third-order valence-electron chi connectivity index (χ3n) is 2.76. The summed E-state index contributed by atoms with van der Waals surface area (Å²) in [6.07, 6.45) is 5.30. The second-order valence-corrected chi connectivity index (χ2v) is 3.96. The maximum absolute atomic E-state index is 11.4. The van der Waals surface area contributed by atoms with Crippen molar-refractivity contribution in [3.8, 4) is 0 Å². The molecule has 1 N–H and O–H groups in total. The summed E-state index contributed by atoms with van der Waals surface area (Å²) in [6, 6.07) is 0. The van der Waals surface area contributed by atoms with E-state index in [0.29, 0.717) is 6.54 Å². The number of hydrogen-bond acceptors (Lipinski definition) is 2. The van der Waals surface area contributed by atoms with Crippen molar-refractivity contribution in [1.29, 1.82) is 0 Å². The molecule has 3 nitrogen and oxygen atoms in total. The minimum absolute atomic E-state index is 0.203. The van der Waals surface area contributed by atoms with Gasteiger partial charge in [0.15, 0.2) is 0 Å².